The third-order valence-electron chi connectivity index (χ3n) is 5.50. The molecule has 1 saturated heterocycles. The lowest BCUT2D eigenvalue weighted by Crippen LogP contribution is -2.46. The largest absolute Gasteiger partial charge is 0.416 e. The molecule has 0 atom stereocenters. The van der Waals surface area contributed by atoms with Crippen LogP contribution in [0.25, 0.3) is 0 Å². The van der Waals surface area contributed by atoms with E-state index in [9.17, 15) is 18.0 Å². The van der Waals surface area contributed by atoms with E-state index >= 15 is 0 Å². The molecule has 0 aliphatic carbocycles. The molecular formula is C24H22ClF3N4O. The second-order valence-electron chi connectivity index (χ2n) is 7.82. The fraction of sp³-hybridized carbons (Fsp3) is 0.250. The first-order valence-electron chi connectivity index (χ1n) is 10.4. The van der Waals surface area contributed by atoms with E-state index < -0.39 is 17.6 Å². The smallest absolute Gasteiger partial charge is 0.354 e. The molecule has 1 aromatic heterocycles. The van der Waals surface area contributed by atoms with Crippen LogP contribution in [0.3, 0.4) is 0 Å². The molecule has 3 aromatic rings. The molecule has 0 saturated carbocycles. The molecule has 2 heterocycles. The van der Waals surface area contributed by atoms with E-state index in [1.807, 2.05) is 30.3 Å². The minimum Gasteiger partial charge on any atom is -0.354 e. The molecule has 1 aliphatic heterocycles. The summed E-state index contributed by atoms with van der Waals surface area (Å²) in [5.74, 6) is 0.322. The highest BCUT2D eigenvalue weighted by molar-refractivity contribution is 6.30. The van der Waals surface area contributed by atoms with Gasteiger partial charge in [-0.2, -0.15) is 13.2 Å². The zero-order valence-electron chi connectivity index (χ0n) is 17.6. The Bertz CT molecular complexity index is 1080. The van der Waals surface area contributed by atoms with E-state index in [1.165, 1.54) is 5.56 Å². The molecule has 0 unspecified atom stereocenters. The van der Waals surface area contributed by atoms with Gasteiger partial charge >= 0.3 is 6.18 Å². The normalized spacial score (nSPS) is 14.8. The first-order chi connectivity index (χ1) is 15.8. The number of carbonyl (C=O) groups is 1. The van der Waals surface area contributed by atoms with Gasteiger partial charge in [-0.3, -0.25) is 9.69 Å². The molecule has 9 heteroatoms. The number of pyridine rings is 1. The lowest BCUT2D eigenvalue weighted by molar-refractivity contribution is -0.137. The minimum absolute atomic E-state index is 0.142. The Morgan fingerprint density at radius 2 is 1.61 bits per heavy atom. The summed E-state index contributed by atoms with van der Waals surface area (Å²) in [6.45, 7) is 4.33. The molecule has 1 N–H and O–H groups in total. The Labute approximate surface area is 194 Å². The first-order valence-corrected chi connectivity index (χ1v) is 10.8. The molecule has 1 fully saturated rings. The van der Waals surface area contributed by atoms with Crippen molar-refractivity contribution in [2.75, 3.05) is 36.4 Å². The number of rotatable bonds is 5. The maximum Gasteiger partial charge on any atom is 0.416 e. The van der Waals surface area contributed by atoms with E-state index in [1.54, 1.807) is 12.3 Å². The van der Waals surface area contributed by atoms with E-state index in [-0.39, 0.29) is 5.56 Å². The van der Waals surface area contributed by atoms with E-state index in [4.69, 9.17) is 11.6 Å². The summed E-state index contributed by atoms with van der Waals surface area (Å²) in [4.78, 5) is 21.3. The predicted molar refractivity (Wildman–Crippen MR) is 123 cm³/mol. The van der Waals surface area contributed by atoms with Gasteiger partial charge in [0, 0.05) is 43.3 Å². The van der Waals surface area contributed by atoms with Gasteiger partial charge in [-0.1, -0.05) is 23.7 Å². The Hall–Kier alpha value is -3.10. The highest BCUT2D eigenvalue weighted by Crippen LogP contribution is 2.29. The van der Waals surface area contributed by atoms with Crippen LogP contribution in [0.2, 0.25) is 5.02 Å². The van der Waals surface area contributed by atoms with Crippen molar-refractivity contribution in [2.24, 2.45) is 0 Å². The van der Waals surface area contributed by atoms with Crippen molar-refractivity contribution in [3.8, 4) is 0 Å². The number of piperazine rings is 1. The molecule has 4 rings (SSSR count). The van der Waals surface area contributed by atoms with Crippen molar-refractivity contribution in [3.63, 3.8) is 0 Å². The Morgan fingerprint density at radius 3 is 2.18 bits per heavy atom. The summed E-state index contributed by atoms with van der Waals surface area (Å²) in [7, 11) is 0. The summed E-state index contributed by atoms with van der Waals surface area (Å²) in [5, 5.41) is 3.40. The molecule has 33 heavy (non-hydrogen) atoms. The molecule has 1 amide bonds. The quantitative estimate of drug-likeness (QED) is 0.543. The third kappa shape index (κ3) is 6.03. The lowest BCUT2D eigenvalue weighted by atomic mass is 10.1. The number of halogens is 4. The minimum atomic E-state index is -4.43. The number of hydrogen-bond donors (Lipinski definition) is 1. The fourth-order valence-electron chi connectivity index (χ4n) is 3.64. The van der Waals surface area contributed by atoms with E-state index in [0.29, 0.717) is 5.69 Å². The predicted octanol–water partition coefficient (Wildman–Crippen LogP) is 5.33. The number of benzene rings is 2. The van der Waals surface area contributed by atoms with Crippen LogP contribution in [-0.2, 0) is 12.7 Å². The van der Waals surface area contributed by atoms with Crippen molar-refractivity contribution < 1.29 is 18.0 Å². The summed E-state index contributed by atoms with van der Waals surface area (Å²) < 4.78 is 38.0. The van der Waals surface area contributed by atoms with Gasteiger partial charge in [-0.15, -0.1) is 0 Å². The monoisotopic (exact) mass is 474 g/mol. The number of alkyl halides is 3. The second kappa shape index (κ2) is 9.80. The Balaban J connectivity index is 1.29. The highest BCUT2D eigenvalue weighted by Gasteiger charge is 2.30. The number of nitrogens with zero attached hydrogens (tertiary/aromatic N) is 3. The van der Waals surface area contributed by atoms with Gasteiger partial charge in [0.2, 0.25) is 0 Å². The van der Waals surface area contributed by atoms with Gasteiger partial charge in [0.15, 0.2) is 0 Å². The van der Waals surface area contributed by atoms with Crippen LogP contribution in [-0.4, -0.2) is 42.0 Å². The van der Waals surface area contributed by atoms with Crippen LogP contribution in [0.15, 0.2) is 66.9 Å². The van der Waals surface area contributed by atoms with Crippen LogP contribution in [0, 0.1) is 0 Å². The van der Waals surface area contributed by atoms with Gasteiger partial charge in [0.05, 0.1) is 17.4 Å². The summed E-state index contributed by atoms with van der Waals surface area (Å²) in [6, 6.07) is 15.5. The number of hydrogen-bond acceptors (Lipinski definition) is 4. The van der Waals surface area contributed by atoms with E-state index in [2.05, 4.69) is 20.1 Å². The summed E-state index contributed by atoms with van der Waals surface area (Å²) >= 11 is 5.94. The van der Waals surface area contributed by atoms with Gasteiger partial charge < -0.3 is 10.2 Å². The Morgan fingerprint density at radius 1 is 0.939 bits per heavy atom. The van der Waals surface area contributed by atoms with Gasteiger partial charge in [0.25, 0.3) is 5.91 Å². The summed E-state index contributed by atoms with van der Waals surface area (Å²) in [6.07, 6.45) is -2.88. The van der Waals surface area contributed by atoms with Gasteiger partial charge in [-0.05, 0) is 54.1 Å². The average molecular weight is 475 g/mol. The zero-order chi connectivity index (χ0) is 23.4. The fourth-order valence-corrected chi connectivity index (χ4v) is 3.77. The van der Waals surface area contributed by atoms with Crippen molar-refractivity contribution in [3.05, 3.63) is 88.6 Å². The van der Waals surface area contributed by atoms with Crippen LogP contribution < -0.4 is 10.2 Å². The molecule has 5 nitrogen and oxygen atoms in total. The van der Waals surface area contributed by atoms with E-state index in [0.717, 1.165) is 67.8 Å². The first kappa shape index (κ1) is 23.1. The lowest BCUT2D eigenvalue weighted by Gasteiger charge is -2.35. The molecule has 2 aromatic carbocycles. The van der Waals surface area contributed by atoms with Crippen LogP contribution in [0.4, 0.5) is 24.7 Å². The number of amides is 1. The maximum absolute atomic E-state index is 12.7. The van der Waals surface area contributed by atoms with Crippen LogP contribution in [0.5, 0.6) is 0 Å². The standard InChI is InChI=1S/C24H22ClF3N4O/c25-20-7-1-17(2-8-20)16-31-11-13-32(14-12-31)22-10-9-21(15-29-22)30-23(33)18-3-5-19(6-4-18)24(26,27)28/h1-10,15H,11-14,16H2,(H,30,33). The van der Waals surface area contributed by atoms with Crippen molar-refractivity contribution in [1.29, 1.82) is 0 Å². The SMILES string of the molecule is O=C(Nc1ccc(N2CCN(Cc3ccc(Cl)cc3)CC2)nc1)c1ccc(C(F)(F)F)cc1. The molecular weight excluding hydrogens is 453 g/mol. The van der Waals surface area contributed by atoms with Crippen molar-refractivity contribution >= 4 is 29.0 Å². The number of nitrogens with one attached hydrogen (secondary N) is 1. The van der Waals surface area contributed by atoms with Crippen molar-refractivity contribution in [2.45, 2.75) is 12.7 Å². The number of aromatic nitrogens is 1. The summed E-state index contributed by atoms with van der Waals surface area (Å²) in [5.41, 5.74) is 1.05. The molecule has 0 bridgehead atoms. The second-order valence-corrected chi connectivity index (χ2v) is 8.26. The Kier molecular flexibility index (Phi) is 6.85. The van der Waals surface area contributed by atoms with Crippen molar-refractivity contribution in [1.82, 2.24) is 9.88 Å². The highest BCUT2D eigenvalue weighted by atomic mass is 35.5. The number of anilines is 2. The molecule has 172 valence electrons. The third-order valence-corrected chi connectivity index (χ3v) is 5.75. The van der Waals surface area contributed by atoms with Crippen LogP contribution >= 0.6 is 11.6 Å². The van der Waals surface area contributed by atoms with Crippen LogP contribution in [0.1, 0.15) is 21.5 Å². The topological polar surface area (TPSA) is 48.5 Å². The molecule has 1 aliphatic rings. The average Bonchev–Trinajstić information content (AvgIpc) is 2.81. The zero-order valence-corrected chi connectivity index (χ0v) is 18.4. The number of carbonyl (C=O) groups excluding carboxylic acids is 1. The molecule has 0 radical (unpaired) electrons. The van der Waals surface area contributed by atoms with Gasteiger partial charge in [0.1, 0.15) is 5.82 Å². The maximum atomic E-state index is 12.7. The molecule has 0 spiro atoms. The van der Waals surface area contributed by atoms with Gasteiger partial charge in [-0.25, -0.2) is 4.98 Å².